The minimum absolute atomic E-state index is 0.178. The lowest BCUT2D eigenvalue weighted by atomic mass is 10.1. The number of rotatable bonds is 7. The molecular formula is C24H25NO4. The van der Waals surface area contributed by atoms with Gasteiger partial charge >= 0.3 is 0 Å². The molecule has 0 aromatic heterocycles. The minimum Gasteiger partial charge on any atom is -0.497 e. The molecule has 0 saturated carbocycles. The monoisotopic (exact) mass is 391 g/mol. The van der Waals surface area contributed by atoms with E-state index in [1.54, 1.807) is 32.4 Å². The predicted molar refractivity (Wildman–Crippen MR) is 114 cm³/mol. The largest absolute Gasteiger partial charge is 0.497 e. The highest BCUT2D eigenvalue weighted by Crippen LogP contribution is 2.25. The fourth-order valence-corrected chi connectivity index (χ4v) is 3.03. The van der Waals surface area contributed by atoms with Gasteiger partial charge in [0.25, 0.3) is 5.91 Å². The number of nitrogens with one attached hydrogen (secondary N) is 1. The second-order valence-corrected chi connectivity index (χ2v) is 6.77. The molecule has 0 spiro atoms. The summed E-state index contributed by atoms with van der Waals surface area (Å²) < 4.78 is 16.5. The second kappa shape index (κ2) is 9.15. The standard InChI is InChI=1S/C24H25NO4/c1-16-8-10-22(17(2)12-16)25-24(26)18-9-11-23(28-4)19(13-18)15-29-21-7-5-6-20(14-21)27-3/h5-14H,15H2,1-4H3,(H,25,26). The van der Waals surface area contributed by atoms with Crippen LogP contribution in [0.2, 0.25) is 0 Å². The van der Waals surface area contributed by atoms with Crippen LogP contribution < -0.4 is 19.5 Å². The summed E-state index contributed by atoms with van der Waals surface area (Å²) in [6.45, 7) is 4.27. The molecule has 0 atom stereocenters. The van der Waals surface area contributed by atoms with Gasteiger partial charge in [0.05, 0.1) is 14.2 Å². The zero-order valence-corrected chi connectivity index (χ0v) is 17.1. The number of carbonyl (C=O) groups is 1. The smallest absolute Gasteiger partial charge is 0.255 e. The van der Waals surface area contributed by atoms with Gasteiger partial charge in [0.1, 0.15) is 23.9 Å². The van der Waals surface area contributed by atoms with Gasteiger partial charge in [-0.15, -0.1) is 0 Å². The maximum absolute atomic E-state index is 12.8. The first-order valence-electron chi connectivity index (χ1n) is 9.32. The first-order chi connectivity index (χ1) is 14.0. The zero-order chi connectivity index (χ0) is 20.8. The normalized spacial score (nSPS) is 10.3. The van der Waals surface area contributed by atoms with Crippen molar-refractivity contribution in [1.29, 1.82) is 0 Å². The molecule has 5 nitrogen and oxygen atoms in total. The van der Waals surface area contributed by atoms with E-state index in [9.17, 15) is 4.79 Å². The SMILES string of the molecule is COc1cccc(OCc2cc(C(=O)Nc3ccc(C)cc3C)ccc2OC)c1. The third-order valence-electron chi connectivity index (χ3n) is 4.61. The minimum atomic E-state index is -0.178. The molecule has 0 unspecified atom stereocenters. The fraction of sp³-hybridized carbons (Fsp3) is 0.208. The van der Waals surface area contributed by atoms with Crippen molar-refractivity contribution >= 4 is 11.6 Å². The molecule has 3 rings (SSSR count). The van der Waals surface area contributed by atoms with E-state index < -0.39 is 0 Å². The first kappa shape index (κ1) is 20.3. The van der Waals surface area contributed by atoms with E-state index in [-0.39, 0.29) is 12.5 Å². The lowest BCUT2D eigenvalue weighted by Crippen LogP contribution is -2.13. The van der Waals surface area contributed by atoms with Crippen LogP contribution in [0.5, 0.6) is 17.2 Å². The number of amides is 1. The van der Waals surface area contributed by atoms with E-state index in [0.29, 0.717) is 17.1 Å². The van der Waals surface area contributed by atoms with Crippen molar-refractivity contribution in [3.63, 3.8) is 0 Å². The molecular weight excluding hydrogens is 366 g/mol. The number of hydrogen-bond acceptors (Lipinski definition) is 4. The molecule has 0 aliphatic carbocycles. The molecule has 5 heteroatoms. The Labute approximate surface area is 171 Å². The van der Waals surface area contributed by atoms with Crippen LogP contribution in [0, 0.1) is 13.8 Å². The summed E-state index contributed by atoms with van der Waals surface area (Å²) in [5.74, 6) is 1.88. The molecule has 150 valence electrons. The topological polar surface area (TPSA) is 56.8 Å². The van der Waals surface area contributed by atoms with Gasteiger partial charge < -0.3 is 19.5 Å². The van der Waals surface area contributed by atoms with Gasteiger partial charge in [-0.25, -0.2) is 0 Å². The number of aryl methyl sites for hydroxylation is 2. The Morgan fingerprint density at radius 3 is 2.41 bits per heavy atom. The number of benzene rings is 3. The first-order valence-corrected chi connectivity index (χ1v) is 9.32. The van der Waals surface area contributed by atoms with Crippen LogP contribution in [0.25, 0.3) is 0 Å². The summed E-state index contributed by atoms with van der Waals surface area (Å²) in [7, 11) is 3.21. The van der Waals surface area contributed by atoms with E-state index >= 15 is 0 Å². The molecule has 0 bridgehead atoms. The summed E-state index contributed by atoms with van der Waals surface area (Å²) in [5, 5.41) is 2.97. The Morgan fingerprint density at radius 2 is 1.69 bits per heavy atom. The Kier molecular flexibility index (Phi) is 6.39. The summed E-state index contributed by atoms with van der Waals surface area (Å²) in [5.41, 5.74) is 4.29. The van der Waals surface area contributed by atoms with Gasteiger partial charge in [-0.1, -0.05) is 23.8 Å². The average Bonchev–Trinajstić information content (AvgIpc) is 2.74. The van der Waals surface area contributed by atoms with Crippen molar-refractivity contribution in [2.24, 2.45) is 0 Å². The number of hydrogen-bond donors (Lipinski definition) is 1. The van der Waals surface area contributed by atoms with Gasteiger partial charge in [-0.2, -0.15) is 0 Å². The predicted octanol–water partition coefficient (Wildman–Crippen LogP) is 5.15. The van der Waals surface area contributed by atoms with Gasteiger partial charge in [0.15, 0.2) is 0 Å². The highest BCUT2D eigenvalue weighted by atomic mass is 16.5. The molecule has 1 amide bonds. The number of anilines is 1. The van der Waals surface area contributed by atoms with Crippen LogP contribution in [0.15, 0.2) is 60.7 Å². The average molecular weight is 391 g/mol. The van der Waals surface area contributed by atoms with Crippen LogP contribution in [0.3, 0.4) is 0 Å². The van der Waals surface area contributed by atoms with E-state index in [2.05, 4.69) is 5.32 Å². The zero-order valence-electron chi connectivity index (χ0n) is 17.1. The summed E-state index contributed by atoms with van der Waals surface area (Å²) in [6, 6.07) is 18.6. The van der Waals surface area contributed by atoms with Gasteiger partial charge in [-0.05, 0) is 55.8 Å². The number of carbonyl (C=O) groups excluding carboxylic acids is 1. The summed E-state index contributed by atoms with van der Waals surface area (Å²) in [6.07, 6.45) is 0. The molecule has 0 aliphatic heterocycles. The van der Waals surface area contributed by atoms with Crippen molar-refractivity contribution in [3.05, 3.63) is 82.9 Å². The Morgan fingerprint density at radius 1 is 0.897 bits per heavy atom. The van der Waals surface area contributed by atoms with E-state index in [1.807, 2.05) is 56.3 Å². The van der Waals surface area contributed by atoms with Crippen LogP contribution >= 0.6 is 0 Å². The van der Waals surface area contributed by atoms with Gasteiger partial charge in [-0.3, -0.25) is 4.79 Å². The molecule has 0 radical (unpaired) electrons. The fourth-order valence-electron chi connectivity index (χ4n) is 3.03. The van der Waals surface area contributed by atoms with E-state index in [1.165, 1.54) is 0 Å². The Hall–Kier alpha value is -3.47. The van der Waals surface area contributed by atoms with Crippen LogP contribution in [0.4, 0.5) is 5.69 Å². The molecule has 0 saturated heterocycles. The molecule has 1 N–H and O–H groups in total. The quantitative estimate of drug-likeness (QED) is 0.605. The summed E-state index contributed by atoms with van der Waals surface area (Å²) in [4.78, 5) is 12.8. The molecule has 0 fully saturated rings. The Bertz CT molecular complexity index is 1010. The van der Waals surface area contributed by atoms with Gasteiger partial charge in [0, 0.05) is 22.9 Å². The highest BCUT2D eigenvalue weighted by Gasteiger charge is 2.12. The molecule has 0 aliphatic rings. The maximum Gasteiger partial charge on any atom is 0.255 e. The van der Waals surface area contributed by atoms with Crippen molar-refractivity contribution in [1.82, 2.24) is 0 Å². The van der Waals surface area contributed by atoms with Crippen molar-refractivity contribution in [2.45, 2.75) is 20.5 Å². The van der Waals surface area contributed by atoms with Crippen molar-refractivity contribution in [2.75, 3.05) is 19.5 Å². The highest BCUT2D eigenvalue weighted by molar-refractivity contribution is 6.04. The third-order valence-corrected chi connectivity index (χ3v) is 4.61. The van der Waals surface area contributed by atoms with Crippen molar-refractivity contribution < 1.29 is 19.0 Å². The second-order valence-electron chi connectivity index (χ2n) is 6.77. The van der Waals surface area contributed by atoms with Crippen LogP contribution in [-0.4, -0.2) is 20.1 Å². The molecule has 3 aromatic carbocycles. The van der Waals surface area contributed by atoms with Crippen molar-refractivity contribution in [3.8, 4) is 17.2 Å². The number of methoxy groups -OCH3 is 2. The van der Waals surface area contributed by atoms with Gasteiger partial charge in [0.2, 0.25) is 0 Å². The lowest BCUT2D eigenvalue weighted by Gasteiger charge is -2.13. The summed E-state index contributed by atoms with van der Waals surface area (Å²) >= 11 is 0. The Balaban J connectivity index is 1.77. The maximum atomic E-state index is 12.8. The third kappa shape index (κ3) is 5.08. The molecule has 3 aromatic rings. The number of ether oxygens (including phenoxy) is 3. The van der Waals surface area contributed by atoms with E-state index in [4.69, 9.17) is 14.2 Å². The van der Waals surface area contributed by atoms with Crippen LogP contribution in [-0.2, 0) is 6.61 Å². The van der Waals surface area contributed by atoms with Crippen LogP contribution in [0.1, 0.15) is 27.0 Å². The molecule has 0 heterocycles. The lowest BCUT2D eigenvalue weighted by molar-refractivity contribution is 0.102. The molecule has 29 heavy (non-hydrogen) atoms. The van der Waals surface area contributed by atoms with E-state index in [0.717, 1.165) is 28.1 Å².